The molecule has 0 aliphatic carbocycles. The predicted octanol–water partition coefficient (Wildman–Crippen LogP) is 5.71. The van der Waals surface area contributed by atoms with Gasteiger partial charge in [-0.3, -0.25) is 14.4 Å². The largest absolute Gasteiger partial charge is 0.705 e. The van der Waals surface area contributed by atoms with Crippen LogP contribution in [0, 0.1) is 0 Å². The van der Waals surface area contributed by atoms with Crippen molar-refractivity contribution in [1.82, 2.24) is 0 Å². The average molecular weight is 517 g/mol. The first-order valence-electron chi connectivity index (χ1n) is 12.3. The van der Waals surface area contributed by atoms with Gasteiger partial charge in [0.05, 0.1) is 19.3 Å². The zero-order chi connectivity index (χ0) is 26.4. The SMILES string of the molecule is CCCCCCOc1cccc(-c2ccccc2)c1OCCC[Si](OC(C)=O)(OC(C)=O)OC(C)=O. The minimum atomic E-state index is -3.91. The highest BCUT2D eigenvalue weighted by Crippen LogP contribution is 2.38. The van der Waals surface area contributed by atoms with Crippen LogP contribution in [0.15, 0.2) is 48.5 Å². The fraction of sp³-hybridized carbons (Fsp3) is 0.444. The first-order chi connectivity index (χ1) is 17.3. The number of para-hydroxylation sites is 1. The van der Waals surface area contributed by atoms with Crippen molar-refractivity contribution in [3.63, 3.8) is 0 Å². The van der Waals surface area contributed by atoms with E-state index in [1.165, 1.54) is 20.8 Å². The Balaban J connectivity index is 2.19. The van der Waals surface area contributed by atoms with Crippen molar-refractivity contribution in [1.29, 1.82) is 0 Å². The van der Waals surface area contributed by atoms with E-state index in [0.717, 1.165) is 36.8 Å². The van der Waals surface area contributed by atoms with E-state index in [-0.39, 0.29) is 12.7 Å². The van der Waals surface area contributed by atoms with Crippen molar-refractivity contribution in [2.24, 2.45) is 0 Å². The van der Waals surface area contributed by atoms with E-state index in [0.29, 0.717) is 24.5 Å². The van der Waals surface area contributed by atoms with E-state index in [1.807, 2.05) is 48.5 Å². The number of benzene rings is 2. The lowest BCUT2D eigenvalue weighted by molar-refractivity contribution is -0.147. The topological polar surface area (TPSA) is 97.4 Å². The molecular formula is C27H36O8Si. The standard InChI is InChI=1S/C27H36O8Si/c1-5-6-7-11-18-31-26-17-12-16-25(24-14-9-8-10-15-24)27(26)32-19-13-20-36(33-21(2)28,34-22(3)29)35-23(4)30/h8-10,12,14-17H,5-7,11,13,18-20H2,1-4H3. The molecule has 0 amide bonds. The van der Waals surface area contributed by atoms with Crippen LogP contribution in [0.5, 0.6) is 11.5 Å². The van der Waals surface area contributed by atoms with Crippen LogP contribution in [-0.2, 0) is 27.7 Å². The van der Waals surface area contributed by atoms with Crippen molar-refractivity contribution in [2.75, 3.05) is 13.2 Å². The third-order valence-corrected chi connectivity index (χ3v) is 7.85. The van der Waals surface area contributed by atoms with E-state index in [1.54, 1.807) is 0 Å². The minimum absolute atomic E-state index is 0.0342. The van der Waals surface area contributed by atoms with E-state index in [4.69, 9.17) is 22.8 Å². The molecule has 0 unspecified atom stereocenters. The zero-order valence-electron chi connectivity index (χ0n) is 21.5. The summed E-state index contributed by atoms with van der Waals surface area (Å²) in [5.41, 5.74) is 1.86. The number of carbonyl (C=O) groups excluding carboxylic acids is 3. The molecule has 0 N–H and O–H groups in total. The normalized spacial score (nSPS) is 10.9. The molecule has 8 nitrogen and oxygen atoms in total. The molecule has 0 radical (unpaired) electrons. The fourth-order valence-corrected chi connectivity index (χ4v) is 5.99. The maximum absolute atomic E-state index is 11.7. The molecule has 0 fully saturated rings. The highest BCUT2D eigenvalue weighted by atomic mass is 28.4. The molecule has 196 valence electrons. The second-order valence-electron chi connectivity index (χ2n) is 8.32. The fourth-order valence-electron chi connectivity index (χ4n) is 3.67. The van der Waals surface area contributed by atoms with Gasteiger partial charge in [-0.05, 0) is 24.5 Å². The van der Waals surface area contributed by atoms with Crippen LogP contribution in [-0.4, -0.2) is 39.9 Å². The van der Waals surface area contributed by atoms with Crippen LogP contribution in [0.4, 0.5) is 0 Å². The summed E-state index contributed by atoms with van der Waals surface area (Å²) in [5.74, 6) is -0.856. The maximum atomic E-state index is 11.7. The molecule has 2 rings (SSSR count). The lowest BCUT2D eigenvalue weighted by Gasteiger charge is -2.26. The number of ether oxygens (including phenoxy) is 2. The molecule has 0 heterocycles. The Labute approximate surface area is 214 Å². The van der Waals surface area contributed by atoms with Crippen molar-refractivity contribution in [3.05, 3.63) is 48.5 Å². The average Bonchev–Trinajstić information content (AvgIpc) is 2.81. The first kappa shape index (κ1) is 28.9. The minimum Gasteiger partial charge on any atom is -0.490 e. The number of carbonyl (C=O) groups is 3. The lowest BCUT2D eigenvalue weighted by Crippen LogP contribution is -2.49. The Morgan fingerprint density at radius 3 is 1.89 bits per heavy atom. The third kappa shape index (κ3) is 9.73. The monoisotopic (exact) mass is 516 g/mol. The zero-order valence-corrected chi connectivity index (χ0v) is 22.5. The van der Waals surface area contributed by atoms with Crippen LogP contribution >= 0.6 is 0 Å². The Bertz CT molecular complexity index is 952. The summed E-state index contributed by atoms with van der Waals surface area (Å²) in [4.78, 5) is 35.0. The molecule has 0 aromatic heterocycles. The van der Waals surface area contributed by atoms with Gasteiger partial charge in [-0.2, -0.15) is 0 Å². The summed E-state index contributed by atoms with van der Waals surface area (Å²) in [6.07, 6.45) is 4.66. The summed E-state index contributed by atoms with van der Waals surface area (Å²) in [6.45, 7) is 6.45. The maximum Gasteiger partial charge on any atom is 0.705 e. The van der Waals surface area contributed by atoms with Gasteiger partial charge < -0.3 is 22.8 Å². The Morgan fingerprint density at radius 1 is 0.694 bits per heavy atom. The van der Waals surface area contributed by atoms with E-state index in [2.05, 4.69) is 6.92 Å². The molecule has 2 aromatic rings. The van der Waals surface area contributed by atoms with Crippen LogP contribution in [0.1, 0.15) is 59.8 Å². The highest BCUT2D eigenvalue weighted by Gasteiger charge is 2.51. The number of rotatable bonds is 15. The van der Waals surface area contributed by atoms with Gasteiger partial charge in [0.15, 0.2) is 11.5 Å². The molecule has 2 aromatic carbocycles. The van der Waals surface area contributed by atoms with E-state index < -0.39 is 26.7 Å². The van der Waals surface area contributed by atoms with Gasteiger partial charge in [0.1, 0.15) is 0 Å². The highest BCUT2D eigenvalue weighted by molar-refractivity contribution is 6.65. The number of unbranched alkanes of at least 4 members (excludes halogenated alkanes) is 3. The molecule has 36 heavy (non-hydrogen) atoms. The predicted molar refractivity (Wildman–Crippen MR) is 137 cm³/mol. The molecule has 0 bridgehead atoms. The Hall–Kier alpha value is -3.33. The van der Waals surface area contributed by atoms with Gasteiger partial charge in [-0.25, -0.2) is 0 Å². The van der Waals surface area contributed by atoms with Crippen LogP contribution < -0.4 is 9.47 Å². The second-order valence-corrected chi connectivity index (χ2v) is 10.8. The van der Waals surface area contributed by atoms with E-state index >= 15 is 0 Å². The van der Waals surface area contributed by atoms with Crippen LogP contribution in [0.3, 0.4) is 0 Å². The number of hydrogen-bond donors (Lipinski definition) is 0. The second kappa shape index (κ2) is 14.9. The molecule has 9 heteroatoms. The smallest absolute Gasteiger partial charge is 0.490 e. The summed E-state index contributed by atoms with van der Waals surface area (Å²) >= 11 is 0. The summed E-state index contributed by atoms with van der Waals surface area (Å²) in [5, 5.41) is 0. The van der Waals surface area contributed by atoms with Gasteiger partial charge in [0.2, 0.25) is 0 Å². The molecule has 0 spiro atoms. The molecule has 0 saturated heterocycles. The molecule has 0 atom stereocenters. The van der Waals surface area contributed by atoms with Gasteiger partial charge in [-0.15, -0.1) is 0 Å². The summed E-state index contributed by atoms with van der Waals surface area (Å²) in [6, 6.07) is 15.6. The lowest BCUT2D eigenvalue weighted by atomic mass is 10.0. The van der Waals surface area contributed by atoms with Crippen molar-refractivity contribution >= 4 is 26.7 Å². The van der Waals surface area contributed by atoms with Crippen molar-refractivity contribution < 1.29 is 37.1 Å². The summed E-state index contributed by atoms with van der Waals surface area (Å²) in [7, 11) is -3.91. The van der Waals surface area contributed by atoms with Gasteiger partial charge in [0.25, 0.3) is 17.9 Å². The molecule has 0 aliphatic rings. The quantitative estimate of drug-likeness (QED) is 0.219. The Kier molecular flexibility index (Phi) is 12.0. The van der Waals surface area contributed by atoms with Crippen molar-refractivity contribution in [3.8, 4) is 22.6 Å². The summed E-state index contributed by atoms with van der Waals surface area (Å²) < 4.78 is 28.0. The Morgan fingerprint density at radius 2 is 1.31 bits per heavy atom. The van der Waals surface area contributed by atoms with Crippen LogP contribution in [0.25, 0.3) is 11.1 Å². The molecular weight excluding hydrogens is 480 g/mol. The molecule has 0 saturated carbocycles. The number of hydrogen-bond acceptors (Lipinski definition) is 8. The van der Waals surface area contributed by atoms with E-state index in [9.17, 15) is 14.4 Å². The van der Waals surface area contributed by atoms with Crippen LogP contribution in [0.2, 0.25) is 6.04 Å². The first-order valence-corrected chi connectivity index (χ1v) is 14.2. The third-order valence-electron chi connectivity index (χ3n) is 5.09. The molecule has 0 aliphatic heterocycles. The van der Waals surface area contributed by atoms with Gasteiger partial charge >= 0.3 is 8.80 Å². The van der Waals surface area contributed by atoms with Crippen molar-refractivity contribution in [2.45, 2.75) is 65.8 Å². The van der Waals surface area contributed by atoms with Gasteiger partial charge in [-0.1, -0.05) is 68.7 Å². The van der Waals surface area contributed by atoms with Gasteiger partial charge in [0, 0.05) is 26.3 Å².